The first kappa shape index (κ1) is 16.0. The summed E-state index contributed by atoms with van der Waals surface area (Å²) in [6.45, 7) is 10.0. The van der Waals surface area contributed by atoms with E-state index in [-0.39, 0.29) is 5.91 Å². The van der Waals surface area contributed by atoms with E-state index in [9.17, 15) is 4.79 Å². The van der Waals surface area contributed by atoms with Gasteiger partial charge in [0.25, 0.3) is 5.91 Å². The number of nitrogens with zero attached hydrogens (tertiary/aromatic N) is 2. The summed E-state index contributed by atoms with van der Waals surface area (Å²) < 4.78 is 2.15. The van der Waals surface area contributed by atoms with Gasteiger partial charge in [-0.3, -0.25) is 4.79 Å². The minimum absolute atomic E-state index is 0.0469. The van der Waals surface area contributed by atoms with Crippen LogP contribution in [0.25, 0.3) is 0 Å². The number of amides is 1. The van der Waals surface area contributed by atoms with Crippen molar-refractivity contribution in [3.05, 3.63) is 24.0 Å². The molecule has 0 unspecified atom stereocenters. The number of aromatic nitrogens is 1. The lowest BCUT2D eigenvalue weighted by molar-refractivity contribution is 0.0936. The highest BCUT2D eigenvalue weighted by atomic mass is 16.1. The van der Waals surface area contributed by atoms with Gasteiger partial charge in [0.15, 0.2) is 0 Å². The van der Waals surface area contributed by atoms with Crippen LogP contribution < -0.4 is 10.6 Å². The minimum atomic E-state index is 0.0469. The molecule has 5 heteroatoms. The summed E-state index contributed by atoms with van der Waals surface area (Å²) in [7, 11) is 0. The molecule has 1 saturated heterocycles. The highest BCUT2D eigenvalue weighted by Crippen LogP contribution is 2.21. The first-order valence-electron chi connectivity index (χ1n) is 8.14. The molecular weight excluding hydrogens is 264 g/mol. The lowest BCUT2D eigenvalue weighted by Gasteiger charge is -2.26. The minimum Gasteiger partial charge on any atom is -0.349 e. The first-order valence-corrected chi connectivity index (χ1v) is 8.14. The number of carbonyl (C=O) groups is 1. The largest absolute Gasteiger partial charge is 0.349 e. The Kier molecular flexibility index (Phi) is 6.26. The molecule has 1 fully saturated rings. The molecule has 21 heavy (non-hydrogen) atoms. The maximum atomic E-state index is 12.4. The molecule has 2 N–H and O–H groups in total. The van der Waals surface area contributed by atoms with Gasteiger partial charge in [0.05, 0.1) is 0 Å². The predicted molar refractivity (Wildman–Crippen MR) is 85.7 cm³/mol. The number of hydrogen-bond donors (Lipinski definition) is 2. The summed E-state index contributed by atoms with van der Waals surface area (Å²) in [6.07, 6.45) is 4.22. The zero-order valence-corrected chi connectivity index (χ0v) is 13.3. The van der Waals surface area contributed by atoms with E-state index in [0.717, 1.165) is 51.3 Å². The van der Waals surface area contributed by atoms with Crippen LogP contribution in [0.4, 0.5) is 0 Å². The van der Waals surface area contributed by atoms with Crippen LogP contribution in [0, 0.1) is 0 Å². The van der Waals surface area contributed by atoms with E-state index in [0.29, 0.717) is 12.6 Å². The van der Waals surface area contributed by atoms with Crippen LogP contribution in [0.2, 0.25) is 0 Å². The Bertz CT molecular complexity index is 433. The molecule has 1 amide bonds. The molecular formula is C16H28N4O. The fraction of sp³-hybridized carbons (Fsp3) is 0.688. The normalized spacial score (nSPS) is 16.3. The summed E-state index contributed by atoms with van der Waals surface area (Å²) in [6, 6.07) is 4.35. The van der Waals surface area contributed by atoms with E-state index >= 15 is 0 Å². The van der Waals surface area contributed by atoms with Crippen LogP contribution in [0.3, 0.4) is 0 Å². The number of likely N-dealkylation sites (N-methyl/N-ethyl adjacent to an activating group) is 1. The molecule has 0 saturated carbocycles. The van der Waals surface area contributed by atoms with Crippen molar-refractivity contribution >= 4 is 5.91 Å². The van der Waals surface area contributed by atoms with Crippen molar-refractivity contribution in [3.8, 4) is 0 Å². The van der Waals surface area contributed by atoms with Gasteiger partial charge in [-0.05, 0) is 51.2 Å². The molecule has 0 atom stereocenters. The zero-order valence-electron chi connectivity index (χ0n) is 13.3. The molecule has 2 rings (SSSR count). The Hall–Kier alpha value is -1.33. The number of piperidine rings is 1. The van der Waals surface area contributed by atoms with Crippen molar-refractivity contribution in [2.45, 2.75) is 32.7 Å². The van der Waals surface area contributed by atoms with Crippen molar-refractivity contribution in [1.29, 1.82) is 0 Å². The second kappa shape index (κ2) is 8.20. The van der Waals surface area contributed by atoms with E-state index in [2.05, 4.69) is 33.9 Å². The number of hydrogen-bond acceptors (Lipinski definition) is 3. The molecule has 0 bridgehead atoms. The van der Waals surface area contributed by atoms with Crippen molar-refractivity contribution in [2.24, 2.45) is 0 Å². The second-order valence-electron chi connectivity index (χ2n) is 5.56. The Morgan fingerprint density at radius 1 is 1.38 bits per heavy atom. The van der Waals surface area contributed by atoms with Crippen LogP contribution in [0.1, 0.15) is 43.2 Å². The Labute approximate surface area is 127 Å². The molecule has 0 aliphatic carbocycles. The van der Waals surface area contributed by atoms with Crippen LogP contribution in [-0.2, 0) is 0 Å². The molecule has 1 aromatic heterocycles. The second-order valence-corrected chi connectivity index (χ2v) is 5.56. The van der Waals surface area contributed by atoms with Gasteiger partial charge in [0, 0.05) is 25.3 Å². The van der Waals surface area contributed by atoms with Gasteiger partial charge in [-0.1, -0.05) is 13.8 Å². The van der Waals surface area contributed by atoms with Crippen molar-refractivity contribution in [2.75, 3.05) is 39.3 Å². The Morgan fingerprint density at radius 2 is 2.10 bits per heavy atom. The highest BCUT2D eigenvalue weighted by molar-refractivity contribution is 5.92. The first-order chi connectivity index (χ1) is 10.3. The fourth-order valence-corrected chi connectivity index (χ4v) is 2.95. The van der Waals surface area contributed by atoms with Gasteiger partial charge in [0.2, 0.25) is 0 Å². The molecule has 5 nitrogen and oxygen atoms in total. The van der Waals surface area contributed by atoms with E-state index in [4.69, 9.17) is 0 Å². The van der Waals surface area contributed by atoms with Crippen LogP contribution in [0.15, 0.2) is 18.3 Å². The summed E-state index contributed by atoms with van der Waals surface area (Å²) >= 11 is 0. The molecule has 0 aromatic carbocycles. The molecule has 0 radical (unpaired) electrons. The lowest BCUT2D eigenvalue weighted by atomic mass is 10.1. The lowest BCUT2D eigenvalue weighted by Crippen LogP contribution is -2.36. The van der Waals surface area contributed by atoms with Gasteiger partial charge < -0.3 is 20.1 Å². The van der Waals surface area contributed by atoms with Crippen LogP contribution in [-0.4, -0.2) is 54.6 Å². The Balaban J connectivity index is 1.89. The molecule has 1 aliphatic heterocycles. The summed E-state index contributed by atoms with van der Waals surface area (Å²) in [5.74, 6) is 0.0469. The third-order valence-electron chi connectivity index (χ3n) is 4.32. The predicted octanol–water partition coefficient (Wildman–Crippen LogP) is 1.48. The maximum absolute atomic E-state index is 12.4. The topological polar surface area (TPSA) is 49.3 Å². The number of nitrogens with one attached hydrogen (secondary N) is 2. The molecule has 118 valence electrons. The van der Waals surface area contributed by atoms with E-state index in [1.807, 2.05) is 18.3 Å². The van der Waals surface area contributed by atoms with Gasteiger partial charge in [0.1, 0.15) is 5.69 Å². The summed E-state index contributed by atoms with van der Waals surface area (Å²) in [5.41, 5.74) is 0.793. The average Bonchev–Trinajstić information content (AvgIpc) is 3.02. The monoisotopic (exact) mass is 292 g/mol. The maximum Gasteiger partial charge on any atom is 0.267 e. The average molecular weight is 292 g/mol. The smallest absolute Gasteiger partial charge is 0.267 e. The quantitative estimate of drug-likeness (QED) is 0.800. The van der Waals surface area contributed by atoms with E-state index < -0.39 is 0 Å². The summed E-state index contributed by atoms with van der Waals surface area (Å²) in [5, 5.41) is 6.41. The fourth-order valence-electron chi connectivity index (χ4n) is 2.95. The highest BCUT2D eigenvalue weighted by Gasteiger charge is 2.19. The van der Waals surface area contributed by atoms with Gasteiger partial charge in [-0.25, -0.2) is 0 Å². The van der Waals surface area contributed by atoms with E-state index in [1.165, 1.54) is 0 Å². The van der Waals surface area contributed by atoms with Crippen LogP contribution in [0.5, 0.6) is 0 Å². The van der Waals surface area contributed by atoms with E-state index in [1.54, 1.807) is 0 Å². The van der Waals surface area contributed by atoms with Gasteiger partial charge in [-0.2, -0.15) is 0 Å². The van der Waals surface area contributed by atoms with Crippen molar-refractivity contribution in [1.82, 2.24) is 20.1 Å². The zero-order chi connectivity index (χ0) is 15.1. The van der Waals surface area contributed by atoms with Gasteiger partial charge >= 0.3 is 0 Å². The Morgan fingerprint density at radius 3 is 2.76 bits per heavy atom. The molecule has 2 heterocycles. The number of rotatable bonds is 7. The number of carbonyl (C=O) groups excluding carboxylic acids is 1. The third kappa shape index (κ3) is 4.32. The van der Waals surface area contributed by atoms with Crippen LogP contribution >= 0.6 is 0 Å². The van der Waals surface area contributed by atoms with Gasteiger partial charge in [-0.15, -0.1) is 0 Å². The molecule has 1 aromatic rings. The third-order valence-corrected chi connectivity index (χ3v) is 4.32. The standard InChI is InChI=1S/C16H28N4O/c1-3-19(4-2)13-11-18-16(21)15-6-5-12-20(15)14-7-9-17-10-8-14/h5-6,12,14,17H,3-4,7-11,13H2,1-2H3,(H,18,21). The van der Waals surface area contributed by atoms with Crippen molar-refractivity contribution < 1.29 is 4.79 Å². The molecule has 0 spiro atoms. The summed E-state index contributed by atoms with van der Waals surface area (Å²) in [4.78, 5) is 14.7. The molecule has 1 aliphatic rings. The SMILES string of the molecule is CCN(CC)CCNC(=O)c1cccn1C1CCNCC1. The van der Waals surface area contributed by atoms with Crippen molar-refractivity contribution in [3.63, 3.8) is 0 Å².